The molecule has 4 rings (SSSR count). The molecular formula is C29H27NO8. The van der Waals surface area contributed by atoms with E-state index in [4.69, 9.17) is 23.0 Å². The molecule has 0 N–H and O–H groups in total. The fourth-order valence-electron chi connectivity index (χ4n) is 3.95. The number of aryl methyl sites for hydroxylation is 1. The van der Waals surface area contributed by atoms with E-state index in [1.165, 1.54) is 14.0 Å². The van der Waals surface area contributed by atoms with Crippen LogP contribution in [-0.4, -0.2) is 35.9 Å². The fourth-order valence-corrected chi connectivity index (χ4v) is 3.95. The highest BCUT2D eigenvalue weighted by Crippen LogP contribution is 2.30. The first-order chi connectivity index (χ1) is 18.4. The van der Waals surface area contributed by atoms with Crippen molar-refractivity contribution < 1.29 is 37.4 Å². The molecule has 196 valence electrons. The van der Waals surface area contributed by atoms with Crippen molar-refractivity contribution >= 4 is 17.7 Å². The number of aromatic nitrogens is 1. The van der Waals surface area contributed by atoms with E-state index in [1.54, 1.807) is 73.9 Å². The smallest absolute Gasteiger partial charge is 0.347 e. The van der Waals surface area contributed by atoms with E-state index in [0.29, 0.717) is 40.0 Å². The average Bonchev–Trinajstić information content (AvgIpc) is 3.59. The van der Waals surface area contributed by atoms with Gasteiger partial charge < -0.3 is 23.0 Å². The van der Waals surface area contributed by atoms with E-state index in [9.17, 15) is 14.4 Å². The Balaban J connectivity index is 1.53. The molecule has 4 aromatic rings. The van der Waals surface area contributed by atoms with Crippen LogP contribution in [0.15, 0.2) is 81.8 Å². The summed E-state index contributed by atoms with van der Waals surface area (Å²) in [5, 5.41) is 0. The van der Waals surface area contributed by atoms with Crippen LogP contribution in [0.4, 0.5) is 0 Å². The Morgan fingerprint density at radius 1 is 0.974 bits per heavy atom. The molecule has 0 saturated heterocycles. The number of hydrogen-bond donors (Lipinski definition) is 0. The molecule has 0 bridgehead atoms. The van der Waals surface area contributed by atoms with E-state index in [1.807, 2.05) is 6.07 Å². The molecule has 2 aromatic carbocycles. The largest absolute Gasteiger partial charge is 0.487 e. The molecular weight excluding hydrogens is 490 g/mol. The number of esters is 2. The van der Waals surface area contributed by atoms with Crippen molar-refractivity contribution in [2.75, 3.05) is 7.11 Å². The van der Waals surface area contributed by atoms with E-state index >= 15 is 0 Å². The highest BCUT2D eigenvalue weighted by molar-refractivity contribution is 6.01. The average molecular weight is 518 g/mol. The van der Waals surface area contributed by atoms with E-state index < -0.39 is 24.0 Å². The minimum atomic E-state index is -1.23. The Morgan fingerprint density at radius 2 is 1.71 bits per heavy atom. The predicted octanol–water partition coefficient (Wildman–Crippen LogP) is 5.28. The Morgan fingerprint density at radius 3 is 2.34 bits per heavy atom. The van der Waals surface area contributed by atoms with Gasteiger partial charge in [0, 0.05) is 18.9 Å². The minimum Gasteiger partial charge on any atom is -0.487 e. The van der Waals surface area contributed by atoms with Crippen LogP contribution in [0.5, 0.6) is 5.75 Å². The van der Waals surface area contributed by atoms with Gasteiger partial charge in [0.1, 0.15) is 23.8 Å². The third-order valence-electron chi connectivity index (χ3n) is 5.88. The molecule has 0 aliphatic carbocycles. The first kappa shape index (κ1) is 26.4. The Bertz CT molecular complexity index is 1370. The highest BCUT2D eigenvalue weighted by atomic mass is 16.6. The number of Topliss-reactive ketones (excluding diaryl/α,β-unsaturated/α-hetero) is 1. The van der Waals surface area contributed by atoms with Crippen LogP contribution < -0.4 is 4.74 Å². The van der Waals surface area contributed by atoms with Crippen molar-refractivity contribution in [1.82, 2.24) is 4.98 Å². The lowest BCUT2D eigenvalue weighted by Crippen LogP contribution is -2.31. The van der Waals surface area contributed by atoms with Gasteiger partial charge in [-0.05, 0) is 36.8 Å². The lowest BCUT2D eigenvalue weighted by molar-refractivity contribution is -0.165. The van der Waals surface area contributed by atoms with Gasteiger partial charge in [-0.2, -0.15) is 0 Å². The lowest BCUT2D eigenvalue weighted by Gasteiger charge is -2.22. The molecule has 0 amide bonds. The summed E-state index contributed by atoms with van der Waals surface area (Å²) in [7, 11) is 1.20. The number of nitrogens with zero attached hydrogens (tertiary/aromatic N) is 1. The van der Waals surface area contributed by atoms with Gasteiger partial charge in [-0.25, -0.2) is 9.78 Å². The van der Waals surface area contributed by atoms with Gasteiger partial charge in [-0.1, -0.05) is 42.5 Å². The topological polar surface area (TPSA) is 118 Å². The molecule has 9 heteroatoms. The molecule has 0 aliphatic rings. The van der Waals surface area contributed by atoms with Crippen LogP contribution in [-0.2, 0) is 25.7 Å². The molecule has 38 heavy (non-hydrogen) atoms. The predicted molar refractivity (Wildman–Crippen MR) is 135 cm³/mol. The maximum absolute atomic E-state index is 13.5. The second kappa shape index (κ2) is 12.1. The normalized spacial score (nSPS) is 12.4. The van der Waals surface area contributed by atoms with E-state index in [-0.39, 0.29) is 18.8 Å². The molecule has 9 nitrogen and oxygen atoms in total. The van der Waals surface area contributed by atoms with Gasteiger partial charge >= 0.3 is 11.9 Å². The third kappa shape index (κ3) is 6.36. The molecule has 0 spiro atoms. The number of oxazole rings is 1. The van der Waals surface area contributed by atoms with Gasteiger partial charge in [0.2, 0.25) is 0 Å². The van der Waals surface area contributed by atoms with Crippen LogP contribution in [0.3, 0.4) is 0 Å². The maximum Gasteiger partial charge on any atom is 0.347 e. The summed E-state index contributed by atoms with van der Waals surface area (Å²) in [6.07, 6.45) is 0.236. The van der Waals surface area contributed by atoms with Gasteiger partial charge in [-0.15, -0.1) is 0 Å². The fraction of sp³-hybridized carbons (Fsp3) is 0.241. The van der Waals surface area contributed by atoms with E-state index in [0.717, 1.165) is 0 Å². The highest BCUT2D eigenvalue weighted by Gasteiger charge is 2.32. The van der Waals surface area contributed by atoms with Gasteiger partial charge in [0.25, 0.3) is 5.89 Å². The van der Waals surface area contributed by atoms with Crippen LogP contribution >= 0.6 is 0 Å². The standard InChI is InChI=1S/C29H27NO8/c1-18-24(30-28(37-18)25-10-7-15-35-25)17-36-22-13-11-20(12-14-22)23(27(32)21-8-5-4-6-9-21)16-26(29(33)34-3)38-19(2)31/h4-15,23,26H,16-17H2,1-3H3. The number of rotatable bonds is 11. The number of furan rings is 1. The van der Waals surface area contributed by atoms with Gasteiger partial charge in [0.05, 0.1) is 19.3 Å². The zero-order chi connectivity index (χ0) is 27.1. The number of methoxy groups -OCH3 is 1. The lowest BCUT2D eigenvalue weighted by atomic mass is 9.86. The molecule has 0 aliphatic heterocycles. The Kier molecular flexibility index (Phi) is 8.37. The number of carbonyl (C=O) groups is 3. The molecule has 2 atom stereocenters. The maximum atomic E-state index is 13.5. The zero-order valence-corrected chi connectivity index (χ0v) is 21.2. The van der Waals surface area contributed by atoms with Crippen LogP contribution in [0.2, 0.25) is 0 Å². The summed E-state index contributed by atoms with van der Waals surface area (Å²) in [5.41, 5.74) is 1.73. The summed E-state index contributed by atoms with van der Waals surface area (Å²) in [5.74, 6) is -0.315. The van der Waals surface area contributed by atoms with E-state index in [2.05, 4.69) is 4.98 Å². The summed E-state index contributed by atoms with van der Waals surface area (Å²) < 4.78 is 26.9. The number of ketones is 1. The molecule has 0 fully saturated rings. The number of carbonyl (C=O) groups excluding carboxylic acids is 3. The summed E-state index contributed by atoms with van der Waals surface area (Å²) in [6.45, 7) is 3.16. The monoisotopic (exact) mass is 517 g/mol. The second-order valence-electron chi connectivity index (χ2n) is 8.50. The van der Waals surface area contributed by atoms with Crippen LogP contribution in [0.25, 0.3) is 11.7 Å². The second-order valence-corrected chi connectivity index (χ2v) is 8.50. The van der Waals surface area contributed by atoms with Gasteiger partial charge in [0.15, 0.2) is 17.6 Å². The van der Waals surface area contributed by atoms with Crippen LogP contribution in [0.1, 0.15) is 46.6 Å². The van der Waals surface area contributed by atoms with Crippen molar-refractivity contribution in [3.8, 4) is 17.4 Å². The zero-order valence-electron chi connectivity index (χ0n) is 21.2. The first-order valence-electron chi connectivity index (χ1n) is 11.9. The summed E-state index contributed by atoms with van der Waals surface area (Å²) in [6, 6.07) is 19.2. The minimum absolute atomic E-state index is 0.0755. The third-order valence-corrected chi connectivity index (χ3v) is 5.88. The molecule has 0 radical (unpaired) electrons. The molecule has 2 heterocycles. The van der Waals surface area contributed by atoms with Crippen molar-refractivity contribution in [2.45, 2.75) is 38.9 Å². The number of ether oxygens (including phenoxy) is 3. The van der Waals surface area contributed by atoms with Crippen molar-refractivity contribution in [3.63, 3.8) is 0 Å². The summed E-state index contributed by atoms with van der Waals surface area (Å²) >= 11 is 0. The first-order valence-corrected chi connectivity index (χ1v) is 11.9. The van der Waals surface area contributed by atoms with Crippen molar-refractivity contribution in [3.05, 3.63) is 95.6 Å². The van der Waals surface area contributed by atoms with Gasteiger partial charge in [-0.3, -0.25) is 9.59 Å². The number of benzene rings is 2. The molecule has 2 unspecified atom stereocenters. The van der Waals surface area contributed by atoms with Crippen molar-refractivity contribution in [1.29, 1.82) is 0 Å². The Labute approximate surface area is 219 Å². The summed E-state index contributed by atoms with van der Waals surface area (Å²) in [4.78, 5) is 41.8. The number of hydrogen-bond acceptors (Lipinski definition) is 9. The SMILES string of the molecule is COC(=O)C(CC(C(=O)c1ccccc1)c1ccc(OCc2nc(-c3ccco3)oc2C)cc1)OC(C)=O. The molecule has 2 aromatic heterocycles. The Hall–Kier alpha value is -4.66. The van der Waals surface area contributed by atoms with Crippen LogP contribution in [0, 0.1) is 6.92 Å². The van der Waals surface area contributed by atoms with Crippen molar-refractivity contribution in [2.24, 2.45) is 0 Å². The quantitative estimate of drug-likeness (QED) is 0.193. The molecule has 0 saturated carbocycles.